The zero-order valence-electron chi connectivity index (χ0n) is 13.3. The number of benzene rings is 1. The van der Waals surface area contributed by atoms with Crippen LogP contribution in [0.3, 0.4) is 0 Å². The van der Waals surface area contributed by atoms with Crippen LogP contribution >= 0.6 is 0 Å². The van der Waals surface area contributed by atoms with Crippen molar-refractivity contribution in [1.82, 2.24) is 5.32 Å². The van der Waals surface area contributed by atoms with Crippen molar-refractivity contribution in [2.45, 2.75) is 39.2 Å². The molecule has 2 N–H and O–H groups in total. The third kappa shape index (κ3) is 3.28. The molecule has 0 spiro atoms. The van der Waals surface area contributed by atoms with Crippen LogP contribution in [0, 0.1) is 0 Å². The smallest absolute Gasteiger partial charge is 0.287 e. The van der Waals surface area contributed by atoms with Gasteiger partial charge in [-0.15, -0.1) is 0 Å². The van der Waals surface area contributed by atoms with Crippen molar-refractivity contribution in [3.63, 3.8) is 0 Å². The van der Waals surface area contributed by atoms with E-state index in [2.05, 4.69) is 10.6 Å². The lowest BCUT2D eigenvalue weighted by molar-refractivity contribution is -0.116. The van der Waals surface area contributed by atoms with Crippen LogP contribution in [0.5, 0.6) is 0 Å². The Morgan fingerprint density at radius 2 is 2.13 bits per heavy atom. The maximum absolute atomic E-state index is 12.2. The van der Waals surface area contributed by atoms with Crippen LogP contribution < -0.4 is 10.6 Å². The highest BCUT2D eigenvalue weighted by Crippen LogP contribution is 2.26. The molecular weight excluding hydrogens is 292 g/mol. The van der Waals surface area contributed by atoms with Gasteiger partial charge >= 0.3 is 0 Å². The Bertz CT molecular complexity index is 748. The van der Waals surface area contributed by atoms with E-state index in [1.54, 1.807) is 6.07 Å². The highest BCUT2D eigenvalue weighted by Gasteiger charge is 2.18. The number of amides is 2. The van der Waals surface area contributed by atoms with Crippen LogP contribution in [0.25, 0.3) is 0 Å². The number of fused-ring (bicyclic) bond motifs is 1. The van der Waals surface area contributed by atoms with E-state index >= 15 is 0 Å². The molecule has 0 saturated heterocycles. The van der Waals surface area contributed by atoms with Gasteiger partial charge in [0.2, 0.25) is 5.91 Å². The molecular formula is C18H20N2O3. The van der Waals surface area contributed by atoms with E-state index in [0.717, 1.165) is 35.4 Å². The maximum atomic E-state index is 12.2. The number of carbonyl (C=O) groups excluding carboxylic acids is 2. The van der Waals surface area contributed by atoms with E-state index in [9.17, 15) is 9.59 Å². The molecule has 3 rings (SSSR count). The second-order valence-electron chi connectivity index (χ2n) is 5.78. The number of hydrogen-bond donors (Lipinski definition) is 2. The van der Waals surface area contributed by atoms with Gasteiger partial charge in [-0.1, -0.05) is 19.1 Å². The van der Waals surface area contributed by atoms with E-state index < -0.39 is 0 Å². The van der Waals surface area contributed by atoms with Crippen molar-refractivity contribution in [1.29, 1.82) is 0 Å². The second-order valence-corrected chi connectivity index (χ2v) is 5.78. The van der Waals surface area contributed by atoms with Gasteiger partial charge in [0.25, 0.3) is 5.91 Å². The van der Waals surface area contributed by atoms with Crippen molar-refractivity contribution in [2.24, 2.45) is 0 Å². The fourth-order valence-corrected chi connectivity index (χ4v) is 2.71. The van der Waals surface area contributed by atoms with Gasteiger partial charge in [-0.2, -0.15) is 0 Å². The first-order valence-electron chi connectivity index (χ1n) is 7.89. The second kappa shape index (κ2) is 6.28. The van der Waals surface area contributed by atoms with Crippen molar-refractivity contribution < 1.29 is 14.0 Å². The number of rotatable bonds is 4. The SMILES string of the molecule is CCc1ccc(C(=O)N[C@H](C)c2ccc3c(c2)CCC(=O)N3)o1. The van der Waals surface area contributed by atoms with Crippen molar-refractivity contribution in [2.75, 3.05) is 5.32 Å². The summed E-state index contributed by atoms with van der Waals surface area (Å²) in [5, 5.41) is 5.81. The normalized spacial score (nSPS) is 14.8. The molecule has 0 radical (unpaired) electrons. The molecule has 2 amide bonds. The molecule has 0 saturated carbocycles. The van der Waals surface area contributed by atoms with Crippen LogP contribution in [0.4, 0.5) is 5.69 Å². The Hall–Kier alpha value is -2.56. The Morgan fingerprint density at radius 3 is 2.87 bits per heavy atom. The van der Waals surface area contributed by atoms with Gasteiger partial charge in [0, 0.05) is 18.5 Å². The number of aryl methyl sites for hydroxylation is 2. The van der Waals surface area contributed by atoms with Gasteiger partial charge in [0.05, 0.1) is 6.04 Å². The largest absolute Gasteiger partial charge is 0.456 e. The summed E-state index contributed by atoms with van der Waals surface area (Å²) in [5.74, 6) is 0.964. The van der Waals surface area contributed by atoms with Crippen molar-refractivity contribution in [3.8, 4) is 0 Å². The fraction of sp³-hybridized carbons (Fsp3) is 0.333. The number of hydrogen-bond acceptors (Lipinski definition) is 3. The summed E-state index contributed by atoms with van der Waals surface area (Å²) in [7, 11) is 0. The Kier molecular flexibility index (Phi) is 4.19. The average molecular weight is 312 g/mol. The first-order chi connectivity index (χ1) is 11.1. The molecule has 1 aromatic carbocycles. The van der Waals surface area contributed by atoms with Crippen LogP contribution in [0.2, 0.25) is 0 Å². The van der Waals surface area contributed by atoms with E-state index in [0.29, 0.717) is 12.2 Å². The lowest BCUT2D eigenvalue weighted by Gasteiger charge is -2.20. The molecule has 120 valence electrons. The predicted octanol–water partition coefficient (Wildman–Crippen LogP) is 3.22. The highest BCUT2D eigenvalue weighted by atomic mass is 16.3. The third-order valence-electron chi connectivity index (χ3n) is 4.11. The summed E-state index contributed by atoms with van der Waals surface area (Å²) in [6.07, 6.45) is 2.00. The van der Waals surface area contributed by atoms with Gasteiger partial charge in [-0.25, -0.2) is 0 Å². The van der Waals surface area contributed by atoms with Crippen molar-refractivity contribution in [3.05, 3.63) is 53.0 Å². The molecule has 1 aliphatic heterocycles. The molecule has 2 aromatic rings. The summed E-state index contributed by atoms with van der Waals surface area (Å²) >= 11 is 0. The minimum absolute atomic E-state index is 0.0520. The highest BCUT2D eigenvalue weighted by molar-refractivity contribution is 5.94. The minimum Gasteiger partial charge on any atom is -0.456 e. The zero-order chi connectivity index (χ0) is 16.4. The standard InChI is InChI=1S/C18H20N2O3/c1-3-14-6-8-16(23-14)18(22)19-11(2)12-4-7-15-13(10-12)5-9-17(21)20-15/h4,6-8,10-11H,3,5,9H2,1-2H3,(H,19,22)(H,20,21)/t11-/m1/s1. The van der Waals surface area contributed by atoms with Crippen LogP contribution in [0.1, 0.15) is 53.8 Å². The van der Waals surface area contributed by atoms with Gasteiger partial charge in [0.1, 0.15) is 5.76 Å². The minimum atomic E-state index is -0.219. The molecule has 1 atom stereocenters. The predicted molar refractivity (Wildman–Crippen MR) is 87.4 cm³/mol. The quantitative estimate of drug-likeness (QED) is 0.910. The molecule has 1 aliphatic rings. The van der Waals surface area contributed by atoms with Gasteiger partial charge < -0.3 is 15.1 Å². The number of carbonyl (C=O) groups is 2. The topological polar surface area (TPSA) is 71.3 Å². The first-order valence-corrected chi connectivity index (χ1v) is 7.89. The maximum Gasteiger partial charge on any atom is 0.287 e. The van der Waals surface area contributed by atoms with E-state index in [-0.39, 0.29) is 17.9 Å². The van der Waals surface area contributed by atoms with Crippen LogP contribution in [-0.4, -0.2) is 11.8 Å². The van der Waals surface area contributed by atoms with Crippen LogP contribution in [0.15, 0.2) is 34.7 Å². The molecule has 0 fully saturated rings. The molecule has 0 bridgehead atoms. The van der Waals surface area contributed by atoms with Gasteiger partial charge in [-0.3, -0.25) is 9.59 Å². The molecule has 5 nitrogen and oxygen atoms in total. The summed E-state index contributed by atoms with van der Waals surface area (Å²) < 4.78 is 5.47. The third-order valence-corrected chi connectivity index (χ3v) is 4.11. The Morgan fingerprint density at radius 1 is 1.30 bits per heavy atom. The first kappa shape index (κ1) is 15.3. The average Bonchev–Trinajstić information content (AvgIpc) is 3.03. The number of furan rings is 1. The van der Waals surface area contributed by atoms with Crippen molar-refractivity contribution >= 4 is 17.5 Å². The monoisotopic (exact) mass is 312 g/mol. The molecule has 0 aliphatic carbocycles. The number of anilines is 1. The summed E-state index contributed by atoms with van der Waals surface area (Å²) in [6.45, 7) is 3.92. The summed E-state index contributed by atoms with van der Waals surface area (Å²) in [5.41, 5.74) is 2.98. The fourth-order valence-electron chi connectivity index (χ4n) is 2.71. The van der Waals surface area contributed by atoms with Gasteiger partial charge in [-0.05, 0) is 42.7 Å². The van der Waals surface area contributed by atoms with Crippen LogP contribution in [-0.2, 0) is 17.6 Å². The molecule has 0 unspecified atom stereocenters. The van der Waals surface area contributed by atoms with E-state index in [1.807, 2.05) is 38.1 Å². The molecule has 23 heavy (non-hydrogen) atoms. The summed E-state index contributed by atoms with van der Waals surface area (Å²) in [4.78, 5) is 23.6. The lowest BCUT2D eigenvalue weighted by atomic mass is 9.98. The number of nitrogens with one attached hydrogen (secondary N) is 2. The molecule has 5 heteroatoms. The molecule has 1 aromatic heterocycles. The van der Waals surface area contributed by atoms with E-state index in [1.165, 1.54) is 0 Å². The molecule has 2 heterocycles. The summed E-state index contributed by atoms with van der Waals surface area (Å²) in [6, 6.07) is 9.24. The zero-order valence-corrected chi connectivity index (χ0v) is 13.3. The Balaban J connectivity index is 1.71. The lowest BCUT2D eigenvalue weighted by Crippen LogP contribution is -2.26. The Labute approximate surface area is 135 Å². The van der Waals surface area contributed by atoms with E-state index in [4.69, 9.17) is 4.42 Å². The van der Waals surface area contributed by atoms with Gasteiger partial charge in [0.15, 0.2) is 5.76 Å².